The summed E-state index contributed by atoms with van der Waals surface area (Å²) >= 11 is 0. The van der Waals surface area contributed by atoms with Crippen molar-refractivity contribution >= 4 is 5.71 Å². The maximum absolute atomic E-state index is 11.9. The summed E-state index contributed by atoms with van der Waals surface area (Å²) in [4.78, 5) is 0. The molecule has 3 nitrogen and oxygen atoms in total. The van der Waals surface area contributed by atoms with Gasteiger partial charge in [0.25, 0.3) is 0 Å². The smallest absolute Gasteiger partial charge is 0.387 e. The zero-order valence-corrected chi connectivity index (χ0v) is 7.45. The third-order valence-electron chi connectivity index (χ3n) is 1.64. The maximum Gasteiger partial charge on any atom is 0.387 e. The normalized spacial score (nSPS) is 11.9. The molecule has 0 aliphatic carbocycles. The van der Waals surface area contributed by atoms with E-state index in [1.165, 1.54) is 19.1 Å². The second-order valence-corrected chi connectivity index (χ2v) is 2.56. The molecule has 0 radical (unpaired) electrons. The Morgan fingerprint density at radius 3 is 2.64 bits per heavy atom. The number of rotatable bonds is 3. The van der Waals surface area contributed by atoms with Gasteiger partial charge in [-0.2, -0.15) is 8.78 Å². The highest BCUT2D eigenvalue weighted by Gasteiger charge is 2.10. The molecule has 0 amide bonds. The molecule has 0 bridgehead atoms. The Bertz CT molecular complexity index is 339. The number of halogens is 2. The van der Waals surface area contributed by atoms with Crippen molar-refractivity contribution in [3.63, 3.8) is 0 Å². The number of ether oxygens (including phenoxy) is 1. The Labute approximate surface area is 79.6 Å². The van der Waals surface area contributed by atoms with E-state index in [0.717, 1.165) is 0 Å². The summed E-state index contributed by atoms with van der Waals surface area (Å²) in [5.41, 5.74) is 0.566. The Kier molecular flexibility index (Phi) is 3.39. The van der Waals surface area contributed by atoms with Crippen LogP contribution in [-0.4, -0.2) is 17.5 Å². The van der Waals surface area contributed by atoms with Crippen LogP contribution in [0, 0.1) is 0 Å². The molecule has 1 rings (SSSR count). The molecule has 0 aliphatic heterocycles. The zero-order chi connectivity index (χ0) is 10.6. The first-order valence-corrected chi connectivity index (χ1v) is 3.88. The van der Waals surface area contributed by atoms with Gasteiger partial charge in [-0.05, 0) is 19.1 Å². The number of benzene rings is 1. The summed E-state index contributed by atoms with van der Waals surface area (Å²) in [5, 5.41) is 11.4. The minimum atomic E-state index is -2.89. The number of oxime groups is 1. The highest BCUT2D eigenvalue weighted by molar-refractivity contribution is 6.00. The SMILES string of the molecule is C/C(=N/O)c1ccccc1OC(F)F. The fraction of sp³-hybridized carbons (Fsp3) is 0.222. The summed E-state index contributed by atoms with van der Waals surface area (Å²) < 4.78 is 28.1. The molecule has 0 aliphatic rings. The van der Waals surface area contributed by atoms with Gasteiger partial charge in [0.2, 0.25) is 0 Å². The van der Waals surface area contributed by atoms with E-state index < -0.39 is 6.61 Å². The van der Waals surface area contributed by atoms with Gasteiger partial charge in [-0.25, -0.2) is 0 Å². The van der Waals surface area contributed by atoms with Gasteiger partial charge in [0.15, 0.2) is 0 Å². The lowest BCUT2D eigenvalue weighted by Gasteiger charge is -2.08. The monoisotopic (exact) mass is 201 g/mol. The number of hydrogen-bond donors (Lipinski definition) is 1. The summed E-state index contributed by atoms with van der Waals surface area (Å²) in [5.74, 6) is -0.00204. The molecule has 0 saturated carbocycles. The third-order valence-corrected chi connectivity index (χ3v) is 1.64. The molecular weight excluding hydrogens is 192 g/mol. The van der Waals surface area contributed by atoms with Crippen molar-refractivity contribution in [3.8, 4) is 5.75 Å². The molecular formula is C9H9F2NO2. The average molecular weight is 201 g/mol. The second-order valence-electron chi connectivity index (χ2n) is 2.56. The molecule has 0 heterocycles. The van der Waals surface area contributed by atoms with Crippen LogP contribution in [0.3, 0.4) is 0 Å². The molecule has 5 heteroatoms. The quantitative estimate of drug-likeness (QED) is 0.463. The molecule has 0 unspecified atom stereocenters. The molecule has 0 spiro atoms. The van der Waals surface area contributed by atoms with Crippen LogP contribution in [0.15, 0.2) is 29.4 Å². The van der Waals surface area contributed by atoms with Gasteiger partial charge in [-0.3, -0.25) is 0 Å². The predicted octanol–water partition coefficient (Wildman–Crippen LogP) is 2.49. The van der Waals surface area contributed by atoms with E-state index in [1.807, 2.05) is 0 Å². The van der Waals surface area contributed by atoms with Crippen LogP contribution >= 0.6 is 0 Å². The molecule has 1 N–H and O–H groups in total. The van der Waals surface area contributed by atoms with Crippen molar-refractivity contribution in [2.75, 3.05) is 0 Å². The Hall–Kier alpha value is -1.65. The molecule has 0 aromatic heterocycles. The number of nitrogens with zero attached hydrogens (tertiary/aromatic N) is 1. The molecule has 14 heavy (non-hydrogen) atoms. The fourth-order valence-electron chi connectivity index (χ4n) is 1.02. The van der Waals surface area contributed by atoms with Crippen LogP contribution < -0.4 is 4.74 Å². The average Bonchev–Trinajstić information content (AvgIpc) is 2.16. The summed E-state index contributed by atoms with van der Waals surface area (Å²) in [6.07, 6.45) is 0. The van der Waals surface area contributed by atoms with Crippen LogP contribution in [0.25, 0.3) is 0 Å². The topological polar surface area (TPSA) is 41.8 Å². The van der Waals surface area contributed by atoms with E-state index in [0.29, 0.717) is 5.56 Å². The van der Waals surface area contributed by atoms with Gasteiger partial charge >= 0.3 is 6.61 Å². The van der Waals surface area contributed by atoms with E-state index in [1.54, 1.807) is 12.1 Å². The molecule has 1 aromatic rings. The minimum absolute atomic E-state index is 0.00204. The highest BCUT2D eigenvalue weighted by atomic mass is 19.3. The van der Waals surface area contributed by atoms with E-state index in [2.05, 4.69) is 9.89 Å². The predicted molar refractivity (Wildman–Crippen MR) is 47.1 cm³/mol. The lowest BCUT2D eigenvalue weighted by molar-refractivity contribution is -0.0499. The molecule has 0 fully saturated rings. The third kappa shape index (κ3) is 2.42. The molecule has 1 aromatic carbocycles. The van der Waals surface area contributed by atoms with Crippen LogP contribution in [0.1, 0.15) is 12.5 Å². The van der Waals surface area contributed by atoms with Crippen molar-refractivity contribution in [1.29, 1.82) is 0 Å². The first-order chi connectivity index (χ1) is 6.65. The van der Waals surface area contributed by atoms with Crippen LogP contribution in [0.4, 0.5) is 8.78 Å². The van der Waals surface area contributed by atoms with Gasteiger partial charge in [-0.15, -0.1) is 0 Å². The summed E-state index contributed by atoms with van der Waals surface area (Å²) in [6, 6.07) is 6.12. The van der Waals surface area contributed by atoms with E-state index in [4.69, 9.17) is 5.21 Å². The van der Waals surface area contributed by atoms with Gasteiger partial charge in [0.05, 0.1) is 5.71 Å². The van der Waals surface area contributed by atoms with Gasteiger partial charge in [-0.1, -0.05) is 17.3 Å². The van der Waals surface area contributed by atoms with E-state index >= 15 is 0 Å². The number of hydrogen-bond acceptors (Lipinski definition) is 3. The van der Waals surface area contributed by atoms with Crippen LogP contribution in [0.2, 0.25) is 0 Å². The van der Waals surface area contributed by atoms with Crippen molar-refractivity contribution in [3.05, 3.63) is 29.8 Å². The van der Waals surface area contributed by atoms with Crippen LogP contribution in [0.5, 0.6) is 5.75 Å². The first kappa shape index (κ1) is 10.4. The highest BCUT2D eigenvalue weighted by Crippen LogP contribution is 2.20. The van der Waals surface area contributed by atoms with Crippen molar-refractivity contribution in [2.45, 2.75) is 13.5 Å². The number of alkyl halides is 2. The minimum Gasteiger partial charge on any atom is -0.434 e. The summed E-state index contributed by atoms with van der Waals surface area (Å²) in [7, 11) is 0. The Balaban J connectivity index is 3.03. The van der Waals surface area contributed by atoms with Gasteiger partial charge in [0.1, 0.15) is 5.75 Å². The van der Waals surface area contributed by atoms with Crippen molar-refractivity contribution in [1.82, 2.24) is 0 Å². The summed E-state index contributed by atoms with van der Waals surface area (Å²) in [6.45, 7) is -1.39. The molecule has 76 valence electrons. The van der Waals surface area contributed by atoms with Crippen molar-refractivity contribution in [2.24, 2.45) is 5.16 Å². The standard InChI is InChI=1S/C9H9F2NO2/c1-6(12-13)7-4-2-3-5-8(7)14-9(10)11/h2-5,9,13H,1H3/b12-6-. The Morgan fingerprint density at radius 2 is 2.07 bits per heavy atom. The Morgan fingerprint density at radius 1 is 1.43 bits per heavy atom. The maximum atomic E-state index is 11.9. The molecule has 0 atom stereocenters. The van der Waals surface area contributed by atoms with Crippen molar-refractivity contribution < 1.29 is 18.7 Å². The van der Waals surface area contributed by atoms with E-state index in [-0.39, 0.29) is 11.5 Å². The van der Waals surface area contributed by atoms with Gasteiger partial charge in [0, 0.05) is 5.56 Å². The van der Waals surface area contributed by atoms with E-state index in [9.17, 15) is 8.78 Å². The number of para-hydroxylation sites is 1. The largest absolute Gasteiger partial charge is 0.434 e. The van der Waals surface area contributed by atoms with Crippen LogP contribution in [-0.2, 0) is 0 Å². The van der Waals surface area contributed by atoms with Gasteiger partial charge < -0.3 is 9.94 Å². The zero-order valence-electron chi connectivity index (χ0n) is 7.45. The fourth-order valence-corrected chi connectivity index (χ4v) is 1.02. The lowest BCUT2D eigenvalue weighted by atomic mass is 10.1. The first-order valence-electron chi connectivity index (χ1n) is 3.88. The second kappa shape index (κ2) is 4.55. The lowest BCUT2D eigenvalue weighted by Crippen LogP contribution is -2.06. The molecule has 0 saturated heterocycles.